The number of hydrogen-bond donors (Lipinski definition) is 2. The van der Waals surface area contributed by atoms with Crippen molar-refractivity contribution in [1.29, 1.82) is 0 Å². The molecule has 0 radical (unpaired) electrons. The van der Waals surface area contributed by atoms with Gasteiger partial charge in [0.25, 0.3) is 0 Å². The number of hydrogen-bond acceptors (Lipinski definition) is 5. The average molecular weight is 296 g/mol. The van der Waals surface area contributed by atoms with E-state index < -0.39 is 16.9 Å². The van der Waals surface area contributed by atoms with Gasteiger partial charge in [0.15, 0.2) is 5.16 Å². The van der Waals surface area contributed by atoms with Crippen LogP contribution in [0.3, 0.4) is 0 Å². The molecule has 0 saturated carbocycles. The molecule has 1 aromatic carbocycles. The van der Waals surface area contributed by atoms with Crippen molar-refractivity contribution in [3.8, 4) is 0 Å². The summed E-state index contributed by atoms with van der Waals surface area (Å²) in [6.07, 6.45) is 0.511. The minimum Gasteiger partial charge on any atom is -0.330 e. The number of nitrogens with zero attached hydrogens (tertiary/aromatic N) is 2. The van der Waals surface area contributed by atoms with Crippen molar-refractivity contribution in [1.82, 2.24) is 14.8 Å². The Morgan fingerprint density at radius 2 is 2.20 bits per heavy atom. The fourth-order valence-electron chi connectivity index (χ4n) is 1.66. The number of aromatic amines is 1. The second-order valence-electron chi connectivity index (χ2n) is 4.07. The lowest BCUT2D eigenvalue weighted by Crippen LogP contribution is -2.33. The van der Waals surface area contributed by atoms with Crippen LogP contribution in [-0.4, -0.2) is 21.3 Å². The van der Waals surface area contributed by atoms with Crippen LogP contribution in [0.4, 0.5) is 4.39 Å². The van der Waals surface area contributed by atoms with Crippen molar-refractivity contribution < 1.29 is 4.39 Å². The highest BCUT2D eigenvalue weighted by atomic mass is 32.2. The van der Waals surface area contributed by atoms with Gasteiger partial charge in [0.05, 0.1) is 4.90 Å². The van der Waals surface area contributed by atoms with Gasteiger partial charge >= 0.3 is 11.1 Å². The molecule has 0 unspecified atom stereocenters. The average Bonchev–Trinajstić information content (AvgIpc) is 2.40. The fraction of sp³-hybridized carbons (Fsp3) is 0.250. The van der Waals surface area contributed by atoms with Gasteiger partial charge in [-0.2, -0.15) is 4.98 Å². The van der Waals surface area contributed by atoms with Crippen molar-refractivity contribution in [3.63, 3.8) is 0 Å². The van der Waals surface area contributed by atoms with E-state index in [0.717, 1.165) is 17.3 Å². The largest absolute Gasteiger partial charge is 0.339 e. The molecule has 2 aromatic rings. The van der Waals surface area contributed by atoms with E-state index >= 15 is 0 Å². The third kappa shape index (κ3) is 2.97. The number of H-pyrrole nitrogens is 1. The number of halogens is 1. The first-order chi connectivity index (χ1) is 9.52. The number of rotatable bonds is 4. The highest BCUT2D eigenvalue weighted by Crippen LogP contribution is 2.30. The summed E-state index contributed by atoms with van der Waals surface area (Å²) >= 11 is 0.981. The third-order valence-corrected chi connectivity index (χ3v) is 3.81. The van der Waals surface area contributed by atoms with E-state index in [9.17, 15) is 14.0 Å². The molecule has 1 heterocycles. The Morgan fingerprint density at radius 1 is 1.45 bits per heavy atom. The highest BCUT2D eigenvalue weighted by molar-refractivity contribution is 7.99. The first-order valence-electron chi connectivity index (χ1n) is 5.85. The number of aryl methyl sites for hydroxylation is 1. The van der Waals surface area contributed by atoms with E-state index in [1.165, 1.54) is 17.8 Å². The molecule has 106 valence electrons. The van der Waals surface area contributed by atoms with E-state index in [1.807, 2.05) is 0 Å². The smallest absolute Gasteiger partial charge is 0.330 e. The summed E-state index contributed by atoms with van der Waals surface area (Å²) in [5.41, 5.74) is 4.52. The summed E-state index contributed by atoms with van der Waals surface area (Å²) in [7, 11) is 1.53. The molecule has 0 aliphatic rings. The second kappa shape index (κ2) is 6.02. The predicted molar refractivity (Wildman–Crippen MR) is 73.4 cm³/mol. The number of nitrogens with one attached hydrogen (secondary N) is 1. The Bertz CT molecular complexity index is 741. The van der Waals surface area contributed by atoms with Gasteiger partial charge in [0.2, 0.25) is 0 Å². The molecule has 20 heavy (non-hydrogen) atoms. The highest BCUT2D eigenvalue weighted by Gasteiger charge is 2.13. The summed E-state index contributed by atoms with van der Waals surface area (Å²) < 4.78 is 15.2. The molecular weight excluding hydrogens is 283 g/mol. The lowest BCUT2D eigenvalue weighted by Gasteiger charge is -2.10. The second-order valence-corrected chi connectivity index (χ2v) is 5.05. The minimum atomic E-state index is -0.901. The molecule has 0 aliphatic carbocycles. The molecule has 0 fully saturated rings. The molecule has 1 aromatic heterocycles. The zero-order valence-corrected chi connectivity index (χ0v) is 11.5. The van der Waals surface area contributed by atoms with Gasteiger partial charge < -0.3 is 5.73 Å². The first-order valence-corrected chi connectivity index (χ1v) is 6.67. The first kappa shape index (κ1) is 14.5. The van der Waals surface area contributed by atoms with Crippen LogP contribution in [0.5, 0.6) is 0 Å². The summed E-state index contributed by atoms with van der Waals surface area (Å²) in [6, 6.07) is 4.69. The van der Waals surface area contributed by atoms with Crippen molar-refractivity contribution >= 4 is 11.8 Å². The minimum absolute atomic E-state index is 0.206. The number of nitrogens with two attached hydrogens (primary N) is 1. The van der Waals surface area contributed by atoms with Gasteiger partial charge in [-0.15, -0.1) is 0 Å². The van der Waals surface area contributed by atoms with Crippen LogP contribution in [0.15, 0.2) is 37.8 Å². The van der Waals surface area contributed by atoms with Crippen LogP contribution in [0.25, 0.3) is 0 Å². The van der Waals surface area contributed by atoms with Crippen LogP contribution in [-0.2, 0) is 13.5 Å². The molecule has 0 aliphatic heterocycles. The summed E-state index contributed by atoms with van der Waals surface area (Å²) in [5, 5.41) is 2.52. The number of benzene rings is 1. The molecule has 0 amide bonds. The molecule has 0 saturated heterocycles. The van der Waals surface area contributed by atoms with Gasteiger partial charge in [0.1, 0.15) is 5.82 Å². The maximum atomic E-state index is 13.9. The zero-order valence-electron chi connectivity index (χ0n) is 10.7. The third-order valence-electron chi connectivity index (χ3n) is 2.60. The normalized spacial score (nSPS) is 10.8. The van der Waals surface area contributed by atoms with Gasteiger partial charge in [-0.25, -0.2) is 4.39 Å². The van der Waals surface area contributed by atoms with Gasteiger partial charge in [-0.3, -0.25) is 19.4 Å². The van der Waals surface area contributed by atoms with Crippen LogP contribution in [0.1, 0.15) is 5.56 Å². The summed E-state index contributed by atoms with van der Waals surface area (Å²) in [6.45, 7) is 0.384. The molecule has 0 spiro atoms. The van der Waals surface area contributed by atoms with E-state index in [2.05, 4.69) is 10.1 Å². The molecular formula is C12H13FN4O2S. The Morgan fingerprint density at radius 3 is 2.90 bits per heavy atom. The van der Waals surface area contributed by atoms with E-state index in [4.69, 9.17) is 5.73 Å². The standard InChI is InChI=1S/C12H13FN4O2S/c1-17-12(15-10(18)11(19)16-17)20-9-7(5-6-14)3-2-4-8(9)13/h2-4H,5-6,14H2,1H3,(H,16,19). The summed E-state index contributed by atoms with van der Waals surface area (Å²) in [4.78, 5) is 26.4. The summed E-state index contributed by atoms with van der Waals surface area (Å²) in [5.74, 6) is -0.415. The van der Waals surface area contributed by atoms with E-state index in [1.54, 1.807) is 12.1 Å². The quantitative estimate of drug-likeness (QED) is 0.789. The molecule has 0 atom stereocenters. The molecule has 3 N–H and O–H groups in total. The van der Waals surface area contributed by atoms with Crippen LogP contribution < -0.4 is 16.9 Å². The van der Waals surface area contributed by atoms with Gasteiger partial charge in [-0.1, -0.05) is 12.1 Å². The van der Waals surface area contributed by atoms with Crippen LogP contribution >= 0.6 is 11.8 Å². The Hall–Kier alpha value is -1.93. The van der Waals surface area contributed by atoms with Crippen molar-refractivity contribution in [2.45, 2.75) is 16.5 Å². The topological polar surface area (TPSA) is 93.8 Å². The molecule has 6 nitrogen and oxygen atoms in total. The van der Waals surface area contributed by atoms with E-state index in [0.29, 0.717) is 17.9 Å². The van der Waals surface area contributed by atoms with Gasteiger partial charge in [0, 0.05) is 7.05 Å². The molecule has 2 rings (SSSR count). The maximum absolute atomic E-state index is 13.9. The van der Waals surface area contributed by atoms with Crippen LogP contribution in [0.2, 0.25) is 0 Å². The Kier molecular flexibility index (Phi) is 4.35. The zero-order chi connectivity index (χ0) is 14.7. The predicted octanol–water partition coefficient (Wildman–Crippen LogP) is 0.260. The van der Waals surface area contributed by atoms with E-state index in [-0.39, 0.29) is 5.16 Å². The molecule has 8 heteroatoms. The molecule has 0 bridgehead atoms. The lowest BCUT2D eigenvalue weighted by molar-refractivity contribution is 0.584. The Balaban J connectivity index is 2.47. The van der Waals surface area contributed by atoms with Crippen molar-refractivity contribution in [2.24, 2.45) is 12.8 Å². The SMILES string of the molecule is Cn1[nH]c(=O)c(=O)nc1Sc1c(F)cccc1CCN. The number of aromatic nitrogens is 3. The maximum Gasteiger partial charge on any atom is 0.339 e. The van der Waals surface area contributed by atoms with Crippen molar-refractivity contribution in [3.05, 3.63) is 50.3 Å². The Labute approximate surface area is 117 Å². The lowest BCUT2D eigenvalue weighted by atomic mass is 10.1. The fourth-order valence-corrected chi connectivity index (χ4v) is 2.62. The monoisotopic (exact) mass is 296 g/mol. The van der Waals surface area contributed by atoms with Crippen LogP contribution in [0, 0.1) is 5.82 Å². The van der Waals surface area contributed by atoms with Gasteiger partial charge in [-0.05, 0) is 36.4 Å². The van der Waals surface area contributed by atoms with Crippen molar-refractivity contribution in [2.75, 3.05) is 6.54 Å².